The van der Waals surface area contributed by atoms with Crippen LogP contribution in [0.5, 0.6) is 0 Å². The van der Waals surface area contributed by atoms with Crippen LogP contribution in [0.25, 0.3) is 5.57 Å². The maximum absolute atomic E-state index is 13.2. The van der Waals surface area contributed by atoms with E-state index in [1.54, 1.807) is 19.4 Å². The van der Waals surface area contributed by atoms with Gasteiger partial charge in [-0.25, -0.2) is 4.39 Å². The number of anilines is 3. The number of rotatable bonds is 6. The van der Waals surface area contributed by atoms with Gasteiger partial charge in [-0.05, 0) is 49.4 Å². The molecule has 1 aliphatic heterocycles. The zero-order valence-electron chi connectivity index (χ0n) is 14.1. The van der Waals surface area contributed by atoms with Crippen LogP contribution in [0.3, 0.4) is 0 Å². The van der Waals surface area contributed by atoms with Crippen molar-refractivity contribution < 1.29 is 13.9 Å². The minimum Gasteiger partial charge on any atom is -0.383 e. The van der Waals surface area contributed by atoms with E-state index in [0.717, 1.165) is 11.4 Å². The third kappa shape index (κ3) is 3.97. The Bertz CT molecular complexity index is 803. The van der Waals surface area contributed by atoms with Crippen LogP contribution < -0.4 is 16.0 Å². The highest BCUT2D eigenvalue weighted by Crippen LogP contribution is 2.32. The van der Waals surface area contributed by atoms with Crippen molar-refractivity contribution in [2.24, 2.45) is 0 Å². The first-order valence-electron chi connectivity index (χ1n) is 8.00. The normalized spacial score (nSPS) is 15.6. The predicted octanol–water partition coefficient (Wildman–Crippen LogP) is 3.68. The summed E-state index contributed by atoms with van der Waals surface area (Å²) in [6, 6.07) is 12.2. The standard InChI is InChI=1S/C19H20FN3O2/c1-12(11-25-2)22-15-6-4-14(5-7-15)21-10-17-16-8-3-13(20)9-18(16)23-19(17)24/h3-10,12,21-22H,11H2,1-2H3,(H,23,24)/b17-10+. The zero-order chi connectivity index (χ0) is 17.8. The summed E-state index contributed by atoms with van der Waals surface area (Å²) in [6.07, 6.45) is 1.63. The summed E-state index contributed by atoms with van der Waals surface area (Å²) in [7, 11) is 1.67. The first-order valence-corrected chi connectivity index (χ1v) is 8.00. The Labute approximate surface area is 145 Å². The van der Waals surface area contributed by atoms with E-state index < -0.39 is 0 Å². The molecule has 0 bridgehead atoms. The van der Waals surface area contributed by atoms with Crippen LogP contribution in [-0.4, -0.2) is 25.7 Å². The van der Waals surface area contributed by atoms with Crippen molar-refractivity contribution in [1.82, 2.24) is 0 Å². The van der Waals surface area contributed by atoms with Gasteiger partial charge in [0.05, 0.1) is 17.9 Å². The number of benzene rings is 2. The molecule has 130 valence electrons. The number of hydrogen-bond donors (Lipinski definition) is 3. The first-order chi connectivity index (χ1) is 12.1. The fourth-order valence-electron chi connectivity index (χ4n) is 2.70. The van der Waals surface area contributed by atoms with Gasteiger partial charge >= 0.3 is 0 Å². The quantitative estimate of drug-likeness (QED) is 0.702. The molecule has 2 aromatic carbocycles. The summed E-state index contributed by atoms with van der Waals surface area (Å²) >= 11 is 0. The summed E-state index contributed by atoms with van der Waals surface area (Å²) in [5.41, 5.74) is 3.49. The molecule has 0 saturated carbocycles. The lowest BCUT2D eigenvalue weighted by molar-refractivity contribution is -0.110. The van der Waals surface area contributed by atoms with Gasteiger partial charge in [0, 0.05) is 36.3 Å². The Kier molecular flexibility index (Phi) is 5.00. The largest absolute Gasteiger partial charge is 0.383 e. The molecule has 3 rings (SSSR count). The average Bonchev–Trinajstić information content (AvgIpc) is 2.88. The second-order valence-corrected chi connectivity index (χ2v) is 5.92. The molecule has 3 N–H and O–H groups in total. The fourth-order valence-corrected chi connectivity index (χ4v) is 2.70. The molecule has 0 aliphatic carbocycles. The van der Waals surface area contributed by atoms with Crippen LogP contribution in [0.2, 0.25) is 0 Å². The number of amides is 1. The summed E-state index contributed by atoms with van der Waals surface area (Å²) in [5, 5.41) is 9.09. The molecule has 2 aromatic rings. The zero-order valence-corrected chi connectivity index (χ0v) is 14.1. The van der Waals surface area contributed by atoms with E-state index in [0.29, 0.717) is 23.4 Å². The van der Waals surface area contributed by atoms with Crippen LogP contribution >= 0.6 is 0 Å². The Morgan fingerprint density at radius 1 is 1.20 bits per heavy atom. The maximum atomic E-state index is 13.2. The summed E-state index contributed by atoms with van der Waals surface area (Å²) in [6.45, 7) is 2.67. The molecule has 5 nitrogen and oxygen atoms in total. The van der Waals surface area contributed by atoms with Crippen LogP contribution in [0, 0.1) is 5.82 Å². The number of carbonyl (C=O) groups is 1. The van der Waals surface area contributed by atoms with Crippen molar-refractivity contribution >= 4 is 28.5 Å². The Hall–Kier alpha value is -2.86. The number of halogens is 1. The molecular formula is C19H20FN3O2. The van der Waals surface area contributed by atoms with Gasteiger partial charge < -0.3 is 20.7 Å². The topological polar surface area (TPSA) is 62.4 Å². The Morgan fingerprint density at radius 3 is 2.64 bits per heavy atom. The van der Waals surface area contributed by atoms with E-state index in [4.69, 9.17) is 4.74 Å². The van der Waals surface area contributed by atoms with Crippen LogP contribution in [0.15, 0.2) is 48.7 Å². The number of ether oxygens (including phenoxy) is 1. The van der Waals surface area contributed by atoms with E-state index in [2.05, 4.69) is 16.0 Å². The lowest BCUT2D eigenvalue weighted by Gasteiger charge is -2.14. The molecule has 0 radical (unpaired) electrons. The predicted molar refractivity (Wildman–Crippen MR) is 98.0 cm³/mol. The summed E-state index contributed by atoms with van der Waals surface area (Å²) < 4.78 is 18.3. The van der Waals surface area contributed by atoms with Gasteiger partial charge in [0.15, 0.2) is 0 Å². The Balaban J connectivity index is 1.69. The van der Waals surface area contributed by atoms with Gasteiger partial charge in [0.2, 0.25) is 0 Å². The van der Waals surface area contributed by atoms with Crippen LogP contribution in [0.4, 0.5) is 21.5 Å². The molecule has 1 aliphatic rings. The molecular weight excluding hydrogens is 321 g/mol. The number of methoxy groups -OCH3 is 1. The number of fused-ring (bicyclic) bond motifs is 1. The Morgan fingerprint density at radius 2 is 1.92 bits per heavy atom. The van der Waals surface area contributed by atoms with Gasteiger partial charge in [-0.15, -0.1) is 0 Å². The monoisotopic (exact) mass is 341 g/mol. The summed E-state index contributed by atoms with van der Waals surface area (Å²) in [4.78, 5) is 12.0. The van der Waals surface area contributed by atoms with Crippen molar-refractivity contribution in [3.05, 3.63) is 60.0 Å². The van der Waals surface area contributed by atoms with Gasteiger partial charge in [-0.1, -0.05) is 0 Å². The van der Waals surface area contributed by atoms with Crippen LogP contribution in [-0.2, 0) is 9.53 Å². The van der Waals surface area contributed by atoms with Crippen molar-refractivity contribution in [1.29, 1.82) is 0 Å². The lowest BCUT2D eigenvalue weighted by atomic mass is 10.1. The lowest BCUT2D eigenvalue weighted by Crippen LogP contribution is -2.20. The molecule has 0 saturated heterocycles. The fraction of sp³-hybridized carbons (Fsp3) is 0.211. The second-order valence-electron chi connectivity index (χ2n) is 5.92. The van der Waals surface area contributed by atoms with Crippen molar-refractivity contribution in [3.8, 4) is 0 Å². The smallest absolute Gasteiger partial charge is 0.257 e. The number of nitrogens with one attached hydrogen (secondary N) is 3. The van der Waals surface area contributed by atoms with Gasteiger partial charge in [0.25, 0.3) is 5.91 Å². The third-order valence-electron chi connectivity index (χ3n) is 3.86. The molecule has 0 spiro atoms. The number of hydrogen-bond acceptors (Lipinski definition) is 4. The molecule has 1 unspecified atom stereocenters. The second kappa shape index (κ2) is 7.36. The SMILES string of the molecule is COCC(C)Nc1ccc(N/C=C2/C(=O)Nc3cc(F)ccc32)cc1. The van der Waals surface area contributed by atoms with Crippen molar-refractivity contribution in [2.75, 3.05) is 29.7 Å². The number of carbonyl (C=O) groups excluding carboxylic acids is 1. The molecule has 1 heterocycles. The minimum absolute atomic E-state index is 0.213. The molecule has 0 aromatic heterocycles. The maximum Gasteiger partial charge on any atom is 0.257 e. The highest BCUT2D eigenvalue weighted by Gasteiger charge is 2.24. The van der Waals surface area contributed by atoms with Gasteiger partial charge in [0.1, 0.15) is 5.82 Å². The van der Waals surface area contributed by atoms with E-state index in [9.17, 15) is 9.18 Å². The third-order valence-corrected chi connectivity index (χ3v) is 3.86. The molecule has 1 amide bonds. The van der Waals surface area contributed by atoms with Gasteiger partial charge in [-0.2, -0.15) is 0 Å². The van der Waals surface area contributed by atoms with Gasteiger partial charge in [-0.3, -0.25) is 4.79 Å². The first kappa shape index (κ1) is 17.0. The van der Waals surface area contributed by atoms with E-state index in [-0.39, 0.29) is 17.8 Å². The van der Waals surface area contributed by atoms with Crippen molar-refractivity contribution in [3.63, 3.8) is 0 Å². The molecule has 1 atom stereocenters. The molecule has 0 fully saturated rings. The van der Waals surface area contributed by atoms with E-state index in [1.807, 2.05) is 31.2 Å². The van der Waals surface area contributed by atoms with Crippen molar-refractivity contribution in [2.45, 2.75) is 13.0 Å². The minimum atomic E-state index is -0.376. The highest BCUT2D eigenvalue weighted by molar-refractivity contribution is 6.31. The van der Waals surface area contributed by atoms with E-state index >= 15 is 0 Å². The van der Waals surface area contributed by atoms with E-state index in [1.165, 1.54) is 12.1 Å². The molecule has 6 heteroatoms. The van der Waals surface area contributed by atoms with Crippen LogP contribution in [0.1, 0.15) is 12.5 Å². The molecule has 25 heavy (non-hydrogen) atoms. The summed E-state index contributed by atoms with van der Waals surface area (Å²) in [5.74, 6) is -0.626. The average molecular weight is 341 g/mol. The highest BCUT2D eigenvalue weighted by atomic mass is 19.1.